The number of amides is 1. The van der Waals surface area contributed by atoms with Gasteiger partial charge in [-0.1, -0.05) is 50.2 Å². The minimum atomic E-state index is -0.0624. The lowest BCUT2D eigenvalue weighted by Crippen LogP contribution is -2.42. The molecule has 0 aliphatic carbocycles. The van der Waals surface area contributed by atoms with Gasteiger partial charge in [0.15, 0.2) is 0 Å². The van der Waals surface area contributed by atoms with Gasteiger partial charge >= 0.3 is 0 Å². The Morgan fingerprint density at radius 2 is 1.78 bits per heavy atom. The highest BCUT2D eigenvalue weighted by atomic mass is 16.1. The molecular formula is C18H20N4O. The molecule has 118 valence electrons. The van der Waals surface area contributed by atoms with Crippen LogP contribution < -0.4 is 5.32 Å². The molecule has 5 nitrogen and oxygen atoms in total. The van der Waals surface area contributed by atoms with Crippen LogP contribution in [0.5, 0.6) is 0 Å². The number of aromatic nitrogens is 3. The number of rotatable bonds is 5. The predicted octanol–water partition coefficient (Wildman–Crippen LogP) is 2.89. The Kier molecular flexibility index (Phi) is 4.37. The van der Waals surface area contributed by atoms with E-state index in [1.807, 2.05) is 42.5 Å². The van der Waals surface area contributed by atoms with E-state index >= 15 is 0 Å². The van der Waals surface area contributed by atoms with Crippen molar-refractivity contribution >= 4 is 16.7 Å². The van der Waals surface area contributed by atoms with E-state index in [0.717, 1.165) is 10.8 Å². The zero-order valence-electron chi connectivity index (χ0n) is 13.3. The molecule has 0 spiro atoms. The van der Waals surface area contributed by atoms with Crippen molar-refractivity contribution in [2.24, 2.45) is 5.92 Å². The molecule has 1 atom stereocenters. The lowest BCUT2D eigenvalue weighted by Gasteiger charge is -2.22. The van der Waals surface area contributed by atoms with Crippen molar-refractivity contribution in [2.75, 3.05) is 0 Å². The van der Waals surface area contributed by atoms with Gasteiger partial charge in [0.1, 0.15) is 0 Å². The monoisotopic (exact) mass is 308 g/mol. The smallest absolute Gasteiger partial charge is 0.252 e. The quantitative estimate of drug-likeness (QED) is 0.788. The van der Waals surface area contributed by atoms with E-state index in [9.17, 15) is 4.79 Å². The van der Waals surface area contributed by atoms with Gasteiger partial charge in [-0.15, -0.1) is 0 Å². The predicted molar refractivity (Wildman–Crippen MR) is 90.1 cm³/mol. The van der Waals surface area contributed by atoms with Crippen LogP contribution in [0.1, 0.15) is 24.2 Å². The number of fused-ring (bicyclic) bond motifs is 1. The average molecular weight is 308 g/mol. The molecule has 0 aliphatic heterocycles. The molecule has 1 aromatic heterocycles. The summed E-state index contributed by atoms with van der Waals surface area (Å²) in [4.78, 5) is 14.3. The maximum atomic E-state index is 12.7. The van der Waals surface area contributed by atoms with Crippen molar-refractivity contribution < 1.29 is 4.79 Å². The standard InChI is InChI=1S/C18H20N4O/c1-13(2)17(12-22-19-10-11-20-22)21-18(23)16-9-5-7-14-6-3-4-8-15(14)16/h3-11,13,17H,12H2,1-2H3,(H,21,23)/t17-/m0/s1. The van der Waals surface area contributed by atoms with Gasteiger partial charge < -0.3 is 5.32 Å². The summed E-state index contributed by atoms with van der Waals surface area (Å²) >= 11 is 0. The first-order chi connectivity index (χ1) is 11.1. The first-order valence-electron chi connectivity index (χ1n) is 7.78. The summed E-state index contributed by atoms with van der Waals surface area (Å²) in [6.45, 7) is 4.72. The lowest BCUT2D eigenvalue weighted by atomic mass is 10.0. The van der Waals surface area contributed by atoms with Gasteiger partial charge in [-0.3, -0.25) is 4.79 Å². The molecular weight excluding hydrogens is 288 g/mol. The summed E-state index contributed by atoms with van der Waals surface area (Å²) in [6, 6.07) is 13.7. The molecule has 1 amide bonds. The molecule has 1 heterocycles. The van der Waals surface area contributed by atoms with Crippen molar-refractivity contribution in [1.82, 2.24) is 20.3 Å². The Bertz CT molecular complexity index is 790. The molecule has 1 N–H and O–H groups in total. The van der Waals surface area contributed by atoms with Gasteiger partial charge in [0.05, 0.1) is 25.0 Å². The second kappa shape index (κ2) is 6.60. The Balaban J connectivity index is 1.83. The molecule has 0 radical (unpaired) electrons. The van der Waals surface area contributed by atoms with Crippen molar-refractivity contribution in [3.05, 3.63) is 60.4 Å². The van der Waals surface area contributed by atoms with Crippen LogP contribution in [0.15, 0.2) is 54.9 Å². The second-order valence-corrected chi connectivity index (χ2v) is 5.93. The van der Waals surface area contributed by atoms with Crippen molar-refractivity contribution in [2.45, 2.75) is 26.4 Å². The third-order valence-corrected chi connectivity index (χ3v) is 3.98. The van der Waals surface area contributed by atoms with Gasteiger partial charge in [0, 0.05) is 5.56 Å². The fraction of sp³-hybridized carbons (Fsp3) is 0.278. The third kappa shape index (κ3) is 3.39. The Morgan fingerprint density at radius 1 is 1.09 bits per heavy atom. The molecule has 3 aromatic rings. The zero-order valence-corrected chi connectivity index (χ0v) is 13.3. The SMILES string of the molecule is CC(C)[C@H](Cn1nccn1)NC(=O)c1cccc2ccccc12. The minimum absolute atomic E-state index is 0.0335. The van der Waals surface area contributed by atoms with E-state index < -0.39 is 0 Å². The second-order valence-electron chi connectivity index (χ2n) is 5.93. The number of benzene rings is 2. The maximum Gasteiger partial charge on any atom is 0.252 e. The summed E-state index contributed by atoms with van der Waals surface area (Å²) in [5.74, 6) is 0.215. The van der Waals surface area contributed by atoms with Gasteiger partial charge in [-0.2, -0.15) is 15.0 Å². The third-order valence-electron chi connectivity index (χ3n) is 3.98. The molecule has 3 rings (SSSR count). The van der Waals surface area contributed by atoms with Crippen molar-refractivity contribution in [3.63, 3.8) is 0 Å². The van der Waals surface area contributed by atoms with Gasteiger partial charge in [-0.25, -0.2) is 0 Å². The van der Waals surface area contributed by atoms with Gasteiger partial charge in [0.25, 0.3) is 5.91 Å². The molecule has 0 fully saturated rings. The first-order valence-corrected chi connectivity index (χ1v) is 7.78. The van der Waals surface area contributed by atoms with Crippen LogP contribution in [0.25, 0.3) is 10.8 Å². The summed E-state index contributed by atoms with van der Waals surface area (Å²) < 4.78 is 0. The van der Waals surface area contributed by atoms with E-state index in [-0.39, 0.29) is 17.9 Å². The van der Waals surface area contributed by atoms with Crippen LogP contribution in [0.4, 0.5) is 0 Å². The Morgan fingerprint density at radius 3 is 2.52 bits per heavy atom. The molecule has 0 bridgehead atoms. The summed E-state index contributed by atoms with van der Waals surface area (Å²) in [5.41, 5.74) is 0.696. The summed E-state index contributed by atoms with van der Waals surface area (Å²) in [5, 5.41) is 13.4. The number of carbonyl (C=O) groups excluding carboxylic acids is 1. The zero-order chi connectivity index (χ0) is 16.2. The molecule has 0 saturated carbocycles. The lowest BCUT2D eigenvalue weighted by molar-refractivity contribution is 0.0919. The summed E-state index contributed by atoms with van der Waals surface area (Å²) in [7, 11) is 0. The Hall–Kier alpha value is -2.69. The minimum Gasteiger partial charge on any atom is -0.347 e. The van der Waals surface area contributed by atoms with Gasteiger partial charge in [0.2, 0.25) is 0 Å². The largest absolute Gasteiger partial charge is 0.347 e. The van der Waals surface area contributed by atoms with E-state index in [4.69, 9.17) is 0 Å². The molecule has 0 saturated heterocycles. The van der Waals surface area contributed by atoms with Crippen LogP contribution >= 0.6 is 0 Å². The van der Waals surface area contributed by atoms with Gasteiger partial charge in [-0.05, 0) is 22.8 Å². The van der Waals surface area contributed by atoms with Crippen LogP contribution in [-0.2, 0) is 6.54 Å². The topological polar surface area (TPSA) is 59.8 Å². The van der Waals surface area contributed by atoms with E-state index in [2.05, 4.69) is 29.4 Å². The van der Waals surface area contributed by atoms with Crippen LogP contribution in [-0.4, -0.2) is 26.9 Å². The highest BCUT2D eigenvalue weighted by molar-refractivity contribution is 6.07. The Labute approximate surface area is 135 Å². The van der Waals surface area contributed by atoms with Crippen LogP contribution in [0, 0.1) is 5.92 Å². The fourth-order valence-electron chi connectivity index (χ4n) is 2.61. The first kappa shape index (κ1) is 15.2. The molecule has 2 aromatic carbocycles. The van der Waals surface area contributed by atoms with E-state index in [1.165, 1.54) is 0 Å². The number of nitrogens with one attached hydrogen (secondary N) is 1. The highest BCUT2D eigenvalue weighted by Gasteiger charge is 2.19. The fourth-order valence-corrected chi connectivity index (χ4v) is 2.61. The number of hydrogen-bond donors (Lipinski definition) is 1. The van der Waals surface area contributed by atoms with Crippen LogP contribution in [0.2, 0.25) is 0 Å². The van der Waals surface area contributed by atoms with Crippen molar-refractivity contribution in [3.8, 4) is 0 Å². The van der Waals surface area contributed by atoms with Crippen LogP contribution in [0.3, 0.4) is 0 Å². The molecule has 23 heavy (non-hydrogen) atoms. The number of carbonyl (C=O) groups is 1. The molecule has 0 unspecified atom stereocenters. The summed E-state index contributed by atoms with van der Waals surface area (Å²) in [6.07, 6.45) is 3.29. The maximum absolute atomic E-state index is 12.7. The normalized spacial score (nSPS) is 12.5. The molecule has 5 heteroatoms. The molecule has 0 aliphatic rings. The number of hydrogen-bond acceptors (Lipinski definition) is 3. The van der Waals surface area contributed by atoms with Crippen molar-refractivity contribution in [1.29, 1.82) is 0 Å². The van der Waals surface area contributed by atoms with E-state index in [0.29, 0.717) is 12.1 Å². The highest BCUT2D eigenvalue weighted by Crippen LogP contribution is 2.19. The average Bonchev–Trinajstić information content (AvgIpc) is 3.06. The number of nitrogens with zero attached hydrogens (tertiary/aromatic N) is 3. The van der Waals surface area contributed by atoms with E-state index in [1.54, 1.807) is 17.2 Å².